The number of carbonyl (C=O) groups is 3. The molecule has 0 fully saturated rings. The summed E-state index contributed by atoms with van der Waals surface area (Å²) in [6.07, 6.45) is 0.809. The summed E-state index contributed by atoms with van der Waals surface area (Å²) in [5.41, 5.74) is 4.13. The zero-order valence-corrected chi connectivity index (χ0v) is 17.7. The summed E-state index contributed by atoms with van der Waals surface area (Å²) in [4.78, 5) is 50.8. The Kier molecular flexibility index (Phi) is 4.13. The molecule has 0 radical (unpaired) electrons. The molecule has 2 aliphatic heterocycles. The Bertz CT molecular complexity index is 1420. The first-order valence-electron chi connectivity index (χ1n) is 10.7. The maximum Gasteiger partial charge on any atom is 0.286 e. The van der Waals surface area contributed by atoms with Gasteiger partial charge in [0, 0.05) is 17.3 Å². The lowest BCUT2D eigenvalue weighted by molar-refractivity contribution is 0.0922. The first-order valence-corrected chi connectivity index (χ1v) is 10.7. The Morgan fingerprint density at radius 2 is 1.39 bits per heavy atom. The number of amides is 3. The molecule has 3 heterocycles. The minimum absolute atomic E-state index is 0.0429. The van der Waals surface area contributed by atoms with Crippen molar-refractivity contribution >= 4 is 40.1 Å². The lowest BCUT2D eigenvalue weighted by Gasteiger charge is -2.23. The van der Waals surface area contributed by atoms with Gasteiger partial charge in [0.2, 0.25) is 0 Å². The van der Waals surface area contributed by atoms with E-state index in [1.54, 1.807) is 53.4 Å². The van der Waals surface area contributed by atoms with Gasteiger partial charge in [-0.2, -0.15) is 0 Å². The SMILES string of the molecule is C[C@H]1Cc2ccccc2N1C(=O)c1ccc(N2C(=O)c3nc4ccccc4nc3C2=O)cc1. The average molecular weight is 434 g/mol. The number of hydrogen-bond acceptors (Lipinski definition) is 5. The molecule has 6 rings (SSSR count). The van der Waals surface area contributed by atoms with Gasteiger partial charge in [-0.1, -0.05) is 30.3 Å². The van der Waals surface area contributed by atoms with E-state index in [0.717, 1.165) is 22.6 Å². The molecule has 7 heteroatoms. The van der Waals surface area contributed by atoms with E-state index in [9.17, 15) is 14.4 Å². The summed E-state index contributed by atoms with van der Waals surface area (Å²) >= 11 is 0. The molecular weight excluding hydrogens is 416 g/mol. The number of benzene rings is 3. The number of nitrogens with zero attached hydrogens (tertiary/aromatic N) is 4. The van der Waals surface area contributed by atoms with E-state index in [1.807, 2.05) is 31.2 Å². The van der Waals surface area contributed by atoms with Crippen LogP contribution >= 0.6 is 0 Å². The van der Waals surface area contributed by atoms with Crippen molar-refractivity contribution < 1.29 is 14.4 Å². The van der Waals surface area contributed by atoms with Gasteiger partial charge < -0.3 is 4.90 Å². The van der Waals surface area contributed by atoms with Gasteiger partial charge in [-0.3, -0.25) is 14.4 Å². The van der Waals surface area contributed by atoms with Crippen molar-refractivity contribution in [3.05, 3.63) is 95.3 Å². The Morgan fingerprint density at radius 1 is 0.818 bits per heavy atom. The number of anilines is 2. The first-order chi connectivity index (χ1) is 16.0. The minimum atomic E-state index is -0.519. The highest BCUT2D eigenvalue weighted by atomic mass is 16.2. The molecule has 0 spiro atoms. The largest absolute Gasteiger partial charge is 0.305 e. The molecule has 0 aliphatic carbocycles. The second kappa shape index (κ2) is 7.06. The van der Waals surface area contributed by atoms with E-state index in [2.05, 4.69) is 9.97 Å². The Balaban J connectivity index is 1.31. The fourth-order valence-electron chi connectivity index (χ4n) is 4.60. The van der Waals surface area contributed by atoms with Crippen LogP contribution < -0.4 is 9.80 Å². The zero-order chi connectivity index (χ0) is 22.7. The topological polar surface area (TPSA) is 83.5 Å². The van der Waals surface area contributed by atoms with Gasteiger partial charge in [-0.25, -0.2) is 14.9 Å². The third kappa shape index (κ3) is 2.86. The molecule has 1 aromatic heterocycles. The second-order valence-electron chi connectivity index (χ2n) is 8.26. The van der Waals surface area contributed by atoms with E-state index in [-0.39, 0.29) is 23.3 Å². The van der Waals surface area contributed by atoms with Crippen LogP contribution in [0.2, 0.25) is 0 Å². The monoisotopic (exact) mass is 434 g/mol. The molecule has 0 bridgehead atoms. The molecule has 3 amide bonds. The van der Waals surface area contributed by atoms with Crippen LogP contribution in [0.4, 0.5) is 11.4 Å². The third-order valence-electron chi connectivity index (χ3n) is 6.18. The Morgan fingerprint density at radius 3 is 2.03 bits per heavy atom. The second-order valence-corrected chi connectivity index (χ2v) is 8.26. The van der Waals surface area contributed by atoms with Crippen molar-refractivity contribution in [1.29, 1.82) is 0 Å². The van der Waals surface area contributed by atoms with E-state index in [1.165, 1.54) is 0 Å². The highest BCUT2D eigenvalue weighted by molar-refractivity contribution is 6.33. The van der Waals surface area contributed by atoms with Crippen LogP contribution in [0.5, 0.6) is 0 Å². The molecule has 0 saturated carbocycles. The van der Waals surface area contributed by atoms with Crippen LogP contribution in [0.25, 0.3) is 11.0 Å². The van der Waals surface area contributed by atoms with Gasteiger partial charge in [-0.05, 0) is 61.4 Å². The molecule has 1 atom stereocenters. The maximum absolute atomic E-state index is 13.3. The normalized spacial score (nSPS) is 16.9. The van der Waals surface area contributed by atoms with Crippen molar-refractivity contribution in [3.63, 3.8) is 0 Å². The highest BCUT2D eigenvalue weighted by Crippen LogP contribution is 2.34. The van der Waals surface area contributed by atoms with Crippen LogP contribution in [0.3, 0.4) is 0 Å². The molecule has 0 N–H and O–H groups in total. The number of aromatic nitrogens is 2. The molecule has 3 aromatic carbocycles. The smallest absolute Gasteiger partial charge is 0.286 e. The van der Waals surface area contributed by atoms with Crippen molar-refractivity contribution in [2.75, 3.05) is 9.80 Å². The summed E-state index contributed by atoms with van der Waals surface area (Å²) in [5.74, 6) is -1.15. The molecule has 160 valence electrons. The number of para-hydroxylation sites is 3. The average Bonchev–Trinajstić information content (AvgIpc) is 3.30. The van der Waals surface area contributed by atoms with Gasteiger partial charge in [0.25, 0.3) is 17.7 Å². The fourth-order valence-corrected chi connectivity index (χ4v) is 4.60. The Hall–Kier alpha value is -4.39. The van der Waals surface area contributed by atoms with E-state index < -0.39 is 11.8 Å². The predicted octanol–water partition coefficient (Wildman–Crippen LogP) is 4.02. The lowest BCUT2D eigenvalue weighted by atomic mass is 10.1. The summed E-state index contributed by atoms with van der Waals surface area (Å²) in [6.45, 7) is 2.02. The van der Waals surface area contributed by atoms with Crippen LogP contribution in [-0.2, 0) is 6.42 Å². The molecule has 7 nitrogen and oxygen atoms in total. The molecular formula is C26H18N4O3. The van der Waals surface area contributed by atoms with Gasteiger partial charge in [0.1, 0.15) is 0 Å². The zero-order valence-electron chi connectivity index (χ0n) is 17.7. The number of carbonyl (C=O) groups excluding carboxylic acids is 3. The summed E-state index contributed by atoms with van der Waals surface area (Å²) in [7, 11) is 0. The molecule has 0 saturated heterocycles. The lowest BCUT2D eigenvalue weighted by Crippen LogP contribution is -2.35. The fraction of sp³-hybridized carbons (Fsp3) is 0.115. The summed E-state index contributed by atoms with van der Waals surface area (Å²) in [5, 5.41) is 0. The summed E-state index contributed by atoms with van der Waals surface area (Å²) in [6, 6.07) is 21.6. The number of hydrogen-bond donors (Lipinski definition) is 0. The number of imide groups is 1. The van der Waals surface area contributed by atoms with Crippen LogP contribution in [0.1, 0.15) is 43.8 Å². The first kappa shape index (κ1) is 19.3. The predicted molar refractivity (Wildman–Crippen MR) is 124 cm³/mol. The van der Waals surface area contributed by atoms with Crippen molar-refractivity contribution in [3.8, 4) is 0 Å². The maximum atomic E-state index is 13.3. The van der Waals surface area contributed by atoms with E-state index in [4.69, 9.17) is 0 Å². The summed E-state index contributed by atoms with van der Waals surface area (Å²) < 4.78 is 0. The van der Waals surface area contributed by atoms with E-state index in [0.29, 0.717) is 22.3 Å². The van der Waals surface area contributed by atoms with Crippen molar-refractivity contribution in [2.45, 2.75) is 19.4 Å². The third-order valence-corrected chi connectivity index (χ3v) is 6.18. The molecule has 0 unspecified atom stereocenters. The van der Waals surface area contributed by atoms with E-state index >= 15 is 0 Å². The standard InChI is InChI=1S/C26H18N4O3/c1-15-14-17-6-2-5-9-21(17)29(15)24(31)16-10-12-18(13-11-16)30-25(32)22-23(26(30)33)28-20-8-4-3-7-19(20)27-22/h2-13,15H,14H2,1H3/t15-/m0/s1. The number of fused-ring (bicyclic) bond motifs is 3. The molecule has 2 aliphatic rings. The van der Waals surface area contributed by atoms with Crippen molar-refractivity contribution in [1.82, 2.24) is 9.97 Å². The minimum Gasteiger partial charge on any atom is -0.305 e. The van der Waals surface area contributed by atoms with Crippen molar-refractivity contribution in [2.24, 2.45) is 0 Å². The molecule has 33 heavy (non-hydrogen) atoms. The highest BCUT2D eigenvalue weighted by Gasteiger charge is 2.40. The van der Waals surface area contributed by atoms with Gasteiger partial charge in [0.05, 0.1) is 16.7 Å². The van der Waals surface area contributed by atoms with Gasteiger partial charge in [-0.15, -0.1) is 0 Å². The Labute approximate surface area is 189 Å². The molecule has 4 aromatic rings. The van der Waals surface area contributed by atoms with Crippen LogP contribution in [0.15, 0.2) is 72.8 Å². The quantitative estimate of drug-likeness (QED) is 0.445. The number of rotatable bonds is 2. The van der Waals surface area contributed by atoms with Crippen LogP contribution in [-0.4, -0.2) is 33.7 Å². The van der Waals surface area contributed by atoms with Crippen LogP contribution in [0, 0.1) is 0 Å². The van der Waals surface area contributed by atoms with Gasteiger partial charge in [0.15, 0.2) is 11.4 Å². The van der Waals surface area contributed by atoms with Gasteiger partial charge >= 0.3 is 0 Å².